The smallest absolute Gasteiger partial charge is 0.0724 e. The van der Waals surface area contributed by atoms with Gasteiger partial charge in [0, 0.05) is 24.7 Å². The van der Waals surface area contributed by atoms with Gasteiger partial charge in [0.2, 0.25) is 0 Å². The van der Waals surface area contributed by atoms with Crippen molar-refractivity contribution in [2.45, 2.75) is 13.8 Å². The van der Waals surface area contributed by atoms with Gasteiger partial charge in [-0.3, -0.25) is 4.98 Å². The van der Waals surface area contributed by atoms with Crippen molar-refractivity contribution in [3.8, 4) is 0 Å². The van der Waals surface area contributed by atoms with Crippen LogP contribution in [0.5, 0.6) is 0 Å². The molecule has 1 aromatic heterocycles. The zero-order chi connectivity index (χ0) is 14.8. The van der Waals surface area contributed by atoms with Crippen molar-refractivity contribution in [2.24, 2.45) is 5.41 Å². The van der Waals surface area contributed by atoms with Crippen LogP contribution in [0.15, 0.2) is 30.5 Å². The lowest BCUT2D eigenvalue weighted by molar-refractivity contribution is 0.254. The molecule has 4 nitrogen and oxygen atoms in total. The van der Waals surface area contributed by atoms with Gasteiger partial charge in [-0.25, -0.2) is 0 Å². The summed E-state index contributed by atoms with van der Waals surface area (Å²) in [7, 11) is 4.19. The molecule has 3 N–H and O–H groups in total. The summed E-state index contributed by atoms with van der Waals surface area (Å²) in [6, 6.07) is 7.94. The van der Waals surface area contributed by atoms with E-state index in [1.807, 2.05) is 24.3 Å². The normalized spacial score (nSPS) is 12.1. The van der Waals surface area contributed by atoms with Gasteiger partial charge in [-0.2, -0.15) is 0 Å². The lowest BCUT2D eigenvalue weighted by Crippen LogP contribution is -2.34. The Morgan fingerprint density at radius 1 is 1.25 bits per heavy atom. The SMILES string of the molecule is CN(C)CC(C)(C)CNc1ccc2ncccc2c1N. The molecule has 1 heterocycles. The Morgan fingerprint density at radius 2 is 2.00 bits per heavy atom. The van der Waals surface area contributed by atoms with Gasteiger partial charge in [-0.1, -0.05) is 13.8 Å². The second kappa shape index (κ2) is 5.67. The molecular formula is C16H24N4. The molecule has 0 saturated heterocycles. The highest BCUT2D eigenvalue weighted by atomic mass is 15.1. The van der Waals surface area contributed by atoms with Gasteiger partial charge in [-0.15, -0.1) is 0 Å². The Balaban J connectivity index is 2.16. The van der Waals surface area contributed by atoms with Crippen LogP contribution in [-0.2, 0) is 0 Å². The van der Waals surface area contributed by atoms with Crippen molar-refractivity contribution in [2.75, 3.05) is 38.2 Å². The van der Waals surface area contributed by atoms with E-state index in [1.165, 1.54) is 0 Å². The predicted octanol–water partition coefficient (Wildman–Crippen LogP) is 2.82. The maximum Gasteiger partial charge on any atom is 0.0724 e. The molecule has 0 radical (unpaired) electrons. The molecule has 0 saturated carbocycles. The highest BCUT2D eigenvalue weighted by molar-refractivity contribution is 5.96. The first-order chi connectivity index (χ1) is 9.39. The molecule has 0 atom stereocenters. The van der Waals surface area contributed by atoms with Crippen molar-refractivity contribution in [3.05, 3.63) is 30.5 Å². The molecular weight excluding hydrogens is 248 g/mol. The maximum atomic E-state index is 6.24. The third kappa shape index (κ3) is 3.39. The fourth-order valence-corrected chi connectivity index (χ4v) is 2.58. The highest BCUT2D eigenvalue weighted by Crippen LogP contribution is 2.28. The molecule has 0 bridgehead atoms. The summed E-state index contributed by atoms with van der Waals surface area (Å²) in [5, 5.41) is 4.47. The quantitative estimate of drug-likeness (QED) is 0.822. The summed E-state index contributed by atoms with van der Waals surface area (Å²) in [5.41, 5.74) is 9.11. The third-order valence-corrected chi connectivity index (χ3v) is 3.33. The van der Waals surface area contributed by atoms with Gasteiger partial charge in [0.05, 0.1) is 16.9 Å². The topological polar surface area (TPSA) is 54.2 Å². The first kappa shape index (κ1) is 14.6. The molecule has 0 amide bonds. The fourth-order valence-electron chi connectivity index (χ4n) is 2.58. The summed E-state index contributed by atoms with van der Waals surface area (Å²) >= 11 is 0. The van der Waals surface area contributed by atoms with E-state index in [4.69, 9.17) is 5.73 Å². The Hall–Kier alpha value is -1.81. The minimum atomic E-state index is 0.180. The van der Waals surface area contributed by atoms with Crippen molar-refractivity contribution < 1.29 is 0 Å². The molecule has 4 heteroatoms. The molecule has 0 fully saturated rings. The van der Waals surface area contributed by atoms with Crippen LogP contribution >= 0.6 is 0 Å². The van der Waals surface area contributed by atoms with Crippen LogP contribution < -0.4 is 11.1 Å². The van der Waals surface area contributed by atoms with E-state index in [9.17, 15) is 0 Å². The molecule has 0 spiro atoms. The number of nitrogens with zero attached hydrogens (tertiary/aromatic N) is 2. The fraction of sp³-hybridized carbons (Fsp3) is 0.438. The third-order valence-electron chi connectivity index (χ3n) is 3.33. The second-order valence-corrected chi connectivity index (χ2v) is 6.35. The minimum absolute atomic E-state index is 0.180. The number of rotatable bonds is 5. The number of benzene rings is 1. The van der Waals surface area contributed by atoms with Gasteiger partial charge in [0.25, 0.3) is 0 Å². The van der Waals surface area contributed by atoms with Crippen LogP contribution in [0.3, 0.4) is 0 Å². The molecule has 2 aromatic rings. The van der Waals surface area contributed by atoms with Gasteiger partial charge in [0.1, 0.15) is 0 Å². The summed E-state index contributed by atoms with van der Waals surface area (Å²) < 4.78 is 0. The zero-order valence-electron chi connectivity index (χ0n) is 12.8. The zero-order valence-corrected chi connectivity index (χ0v) is 12.8. The number of anilines is 2. The van der Waals surface area contributed by atoms with E-state index in [0.29, 0.717) is 0 Å². The lowest BCUT2D eigenvalue weighted by Gasteiger charge is -2.29. The number of pyridine rings is 1. The summed E-state index contributed by atoms with van der Waals surface area (Å²) in [6.45, 7) is 6.40. The van der Waals surface area contributed by atoms with Crippen molar-refractivity contribution in [1.29, 1.82) is 0 Å². The van der Waals surface area contributed by atoms with Gasteiger partial charge in [-0.05, 0) is 43.8 Å². The van der Waals surface area contributed by atoms with Gasteiger partial charge >= 0.3 is 0 Å². The second-order valence-electron chi connectivity index (χ2n) is 6.35. The van der Waals surface area contributed by atoms with E-state index in [1.54, 1.807) is 6.20 Å². The minimum Gasteiger partial charge on any atom is -0.397 e. The van der Waals surface area contributed by atoms with Crippen LogP contribution in [0, 0.1) is 5.41 Å². The van der Waals surface area contributed by atoms with Crippen LogP contribution in [0.4, 0.5) is 11.4 Å². The monoisotopic (exact) mass is 272 g/mol. The van der Waals surface area contributed by atoms with Crippen molar-refractivity contribution >= 4 is 22.3 Å². The van der Waals surface area contributed by atoms with E-state index in [2.05, 4.69) is 43.1 Å². The number of fused-ring (bicyclic) bond motifs is 1. The average molecular weight is 272 g/mol. The van der Waals surface area contributed by atoms with Crippen LogP contribution in [-0.4, -0.2) is 37.1 Å². The molecule has 108 valence electrons. The summed E-state index contributed by atoms with van der Waals surface area (Å²) in [6.07, 6.45) is 1.79. The first-order valence-electron chi connectivity index (χ1n) is 6.91. The van der Waals surface area contributed by atoms with E-state index >= 15 is 0 Å². The average Bonchev–Trinajstić information content (AvgIpc) is 2.37. The number of hydrogen-bond donors (Lipinski definition) is 2. The van der Waals surface area contributed by atoms with Crippen LogP contribution in [0.25, 0.3) is 10.9 Å². The Bertz CT molecular complexity index is 590. The Labute approximate surface area is 121 Å². The molecule has 0 aliphatic rings. The van der Waals surface area contributed by atoms with Crippen molar-refractivity contribution in [1.82, 2.24) is 9.88 Å². The molecule has 2 rings (SSSR count). The largest absolute Gasteiger partial charge is 0.397 e. The Morgan fingerprint density at radius 3 is 2.70 bits per heavy atom. The predicted molar refractivity (Wildman–Crippen MR) is 87.0 cm³/mol. The highest BCUT2D eigenvalue weighted by Gasteiger charge is 2.19. The number of hydrogen-bond acceptors (Lipinski definition) is 4. The standard InChI is InChI=1S/C16H24N4/c1-16(2,11-20(3)4)10-19-14-8-7-13-12(15(14)17)6-5-9-18-13/h5-9,19H,10-11,17H2,1-4H3. The van der Waals surface area contributed by atoms with Crippen molar-refractivity contribution in [3.63, 3.8) is 0 Å². The van der Waals surface area contributed by atoms with Crippen LogP contribution in [0.1, 0.15) is 13.8 Å². The van der Waals surface area contributed by atoms with E-state index < -0.39 is 0 Å². The van der Waals surface area contributed by atoms with E-state index in [0.717, 1.165) is 35.4 Å². The number of nitrogens with two attached hydrogens (primary N) is 1. The molecule has 1 aromatic carbocycles. The van der Waals surface area contributed by atoms with E-state index in [-0.39, 0.29) is 5.41 Å². The number of nitrogen functional groups attached to an aromatic ring is 1. The molecule has 0 aliphatic heterocycles. The van der Waals surface area contributed by atoms with Gasteiger partial charge < -0.3 is 16.0 Å². The van der Waals surface area contributed by atoms with Gasteiger partial charge in [0.15, 0.2) is 0 Å². The number of nitrogens with one attached hydrogen (secondary N) is 1. The molecule has 20 heavy (non-hydrogen) atoms. The molecule has 0 unspecified atom stereocenters. The lowest BCUT2D eigenvalue weighted by atomic mass is 9.92. The Kier molecular flexibility index (Phi) is 4.14. The first-order valence-corrected chi connectivity index (χ1v) is 6.91. The van der Waals surface area contributed by atoms with Crippen LogP contribution in [0.2, 0.25) is 0 Å². The molecule has 0 aliphatic carbocycles. The summed E-state index contributed by atoms with van der Waals surface area (Å²) in [4.78, 5) is 6.52. The maximum absolute atomic E-state index is 6.24. The summed E-state index contributed by atoms with van der Waals surface area (Å²) in [5.74, 6) is 0. The number of aromatic nitrogens is 1.